The Morgan fingerprint density at radius 2 is 2.00 bits per heavy atom. The Balaban J connectivity index is 1.74. The van der Waals surface area contributed by atoms with Gasteiger partial charge in [0, 0.05) is 23.0 Å². The molecule has 1 aliphatic rings. The molecule has 2 aromatic rings. The Morgan fingerprint density at radius 1 is 1.21 bits per heavy atom. The number of carbonyl (C=O) groups excluding carboxylic acids is 1. The second kappa shape index (κ2) is 5.05. The first-order valence-corrected chi connectivity index (χ1v) is 6.79. The van der Waals surface area contributed by atoms with Crippen LogP contribution in [0.2, 0.25) is 0 Å². The number of aromatic amines is 1. The lowest BCUT2D eigenvalue weighted by atomic mass is 9.87. The first-order chi connectivity index (χ1) is 9.24. The highest BCUT2D eigenvalue weighted by molar-refractivity contribution is 6.02. The zero-order chi connectivity index (χ0) is 13.2. The molecule has 0 atom stereocenters. The number of hydrogen-bond acceptors (Lipinski definition) is 2. The second-order valence-corrected chi connectivity index (χ2v) is 5.24. The highest BCUT2D eigenvalue weighted by Crippen LogP contribution is 2.27. The molecule has 100 valence electrons. The van der Waals surface area contributed by atoms with Crippen molar-refractivity contribution in [3.63, 3.8) is 0 Å². The van der Waals surface area contributed by atoms with Crippen molar-refractivity contribution in [3.05, 3.63) is 30.5 Å². The highest BCUT2D eigenvalue weighted by Gasteiger charge is 2.25. The third kappa shape index (κ3) is 2.49. The maximum absolute atomic E-state index is 12.2. The molecule has 1 aromatic carbocycles. The van der Waals surface area contributed by atoms with Crippen molar-refractivity contribution in [2.24, 2.45) is 5.92 Å². The monoisotopic (exact) mass is 258 g/mol. The first-order valence-electron chi connectivity index (χ1n) is 6.79. The number of aliphatic hydroxyl groups excluding tert-OH is 1. The lowest BCUT2D eigenvalue weighted by molar-refractivity contribution is -0.121. The van der Waals surface area contributed by atoms with E-state index in [-0.39, 0.29) is 17.9 Å². The van der Waals surface area contributed by atoms with Crippen LogP contribution >= 0.6 is 0 Å². The van der Waals surface area contributed by atoms with E-state index in [1.165, 1.54) is 0 Å². The number of benzene rings is 1. The molecule has 0 aliphatic heterocycles. The van der Waals surface area contributed by atoms with E-state index in [2.05, 4.69) is 10.3 Å². The molecule has 1 amide bonds. The Bertz CT molecular complexity index is 583. The van der Waals surface area contributed by atoms with E-state index in [1.54, 1.807) is 0 Å². The average Bonchev–Trinajstić information content (AvgIpc) is 2.89. The standard InChI is InChI=1S/C15H18N2O2/c18-11-6-4-10(5-7-11)15(19)17-14-3-1-2-13-12(14)8-9-16-13/h1-3,8-11,16,18H,4-7H2,(H,17,19). The number of rotatable bonds is 2. The van der Waals surface area contributed by atoms with Crippen LogP contribution in [0.4, 0.5) is 5.69 Å². The number of hydrogen-bond donors (Lipinski definition) is 3. The Kier molecular flexibility index (Phi) is 3.25. The quantitative estimate of drug-likeness (QED) is 0.775. The van der Waals surface area contributed by atoms with Gasteiger partial charge in [-0.3, -0.25) is 4.79 Å². The van der Waals surface area contributed by atoms with E-state index in [1.807, 2.05) is 30.5 Å². The number of H-pyrrole nitrogens is 1. The Hall–Kier alpha value is -1.81. The Morgan fingerprint density at radius 3 is 2.79 bits per heavy atom. The molecule has 3 N–H and O–H groups in total. The average molecular weight is 258 g/mol. The molecule has 0 bridgehead atoms. The number of aliphatic hydroxyl groups is 1. The Labute approximate surface area is 111 Å². The van der Waals surface area contributed by atoms with Gasteiger partial charge in [0.2, 0.25) is 5.91 Å². The number of amides is 1. The fourth-order valence-electron chi connectivity index (χ4n) is 2.77. The number of anilines is 1. The molecule has 1 heterocycles. The van der Waals surface area contributed by atoms with Crippen molar-refractivity contribution in [3.8, 4) is 0 Å². The van der Waals surface area contributed by atoms with Crippen LogP contribution in [-0.4, -0.2) is 22.1 Å². The van der Waals surface area contributed by atoms with Gasteiger partial charge in [-0.05, 0) is 43.9 Å². The molecule has 3 rings (SSSR count). The second-order valence-electron chi connectivity index (χ2n) is 5.24. The summed E-state index contributed by atoms with van der Waals surface area (Å²) in [6, 6.07) is 7.81. The van der Waals surface area contributed by atoms with Crippen LogP contribution in [0.15, 0.2) is 30.5 Å². The smallest absolute Gasteiger partial charge is 0.227 e. The fourth-order valence-corrected chi connectivity index (χ4v) is 2.77. The molecule has 1 aromatic heterocycles. The molecule has 4 heteroatoms. The predicted molar refractivity (Wildman–Crippen MR) is 74.9 cm³/mol. The van der Waals surface area contributed by atoms with Crippen molar-refractivity contribution >= 4 is 22.5 Å². The maximum Gasteiger partial charge on any atom is 0.227 e. The molecular weight excluding hydrogens is 240 g/mol. The summed E-state index contributed by atoms with van der Waals surface area (Å²) < 4.78 is 0. The van der Waals surface area contributed by atoms with Crippen LogP contribution < -0.4 is 5.32 Å². The van der Waals surface area contributed by atoms with Gasteiger partial charge in [0.25, 0.3) is 0 Å². The van der Waals surface area contributed by atoms with Crippen LogP contribution in [0.1, 0.15) is 25.7 Å². The predicted octanol–water partition coefficient (Wildman–Crippen LogP) is 2.66. The van der Waals surface area contributed by atoms with Crippen LogP contribution in [0, 0.1) is 5.92 Å². The van der Waals surface area contributed by atoms with Crippen molar-refractivity contribution in [2.45, 2.75) is 31.8 Å². The topological polar surface area (TPSA) is 65.1 Å². The van der Waals surface area contributed by atoms with Crippen molar-refractivity contribution < 1.29 is 9.90 Å². The van der Waals surface area contributed by atoms with Crippen molar-refractivity contribution in [2.75, 3.05) is 5.32 Å². The number of aromatic nitrogens is 1. The molecule has 1 saturated carbocycles. The summed E-state index contributed by atoms with van der Waals surface area (Å²) in [4.78, 5) is 15.4. The van der Waals surface area contributed by atoms with E-state index in [0.29, 0.717) is 0 Å². The molecule has 0 saturated heterocycles. The molecule has 1 aliphatic carbocycles. The van der Waals surface area contributed by atoms with Crippen LogP contribution in [-0.2, 0) is 4.79 Å². The van der Waals surface area contributed by atoms with E-state index in [4.69, 9.17) is 0 Å². The SMILES string of the molecule is O=C(Nc1cccc2[nH]ccc12)C1CCC(O)CC1. The first kappa shape index (κ1) is 12.2. The summed E-state index contributed by atoms with van der Waals surface area (Å²) in [6.45, 7) is 0. The van der Waals surface area contributed by atoms with E-state index in [0.717, 1.165) is 42.3 Å². The van der Waals surface area contributed by atoms with Gasteiger partial charge < -0.3 is 15.4 Å². The molecular formula is C15H18N2O2. The highest BCUT2D eigenvalue weighted by atomic mass is 16.3. The van der Waals surface area contributed by atoms with Gasteiger partial charge >= 0.3 is 0 Å². The molecule has 0 unspecified atom stereocenters. The lowest BCUT2D eigenvalue weighted by Crippen LogP contribution is -2.28. The number of fused-ring (bicyclic) bond motifs is 1. The van der Waals surface area contributed by atoms with E-state index >= 15 is 0 Å². The van der Waals surface area contributed by atoms with Gasteiger partial charge in [-0.15, -0.1) is 0 Å². The minimum absolute atomic E-state index is 0.0256. The van der Waals surface area contributed by atoms with E-state index < -0.39 is 0 Å². The normalized spacial score (nSPS) is 23.4. The van der Waals surface area contributed by atoms with Crippen LogP contribution in [0.3, 0.4) is 0 Å². The van der Waals surface area contributed by atoms with Crippen LogP contribution in [0.25, 0.3) is 10.9 Å². The maximum atomic E-state index is 12.2. The minimum atomic E-state index is -0.225. The molecule has 0 spiro atoms. The zero-order valence-corrected chi connectivity index (χ0v) is 10.7. The summed E-state index contributed by atoms with van der Waals surface area (Å²) in [5.41, 5.74) is 1.88. The third-order valence-corrected chi connectivity index (χ3v) is 3.92. The number of carbonyl (C=O) groups is 1. The number of nitrogens with one attached hydrogen (secondary N) is 2. The van der Waals surface area contributed by atoms with Crippen molar-refractivity contribution in [1.82, 2.24) is 4.98 Å². The van der Waals surface area contributed by atoms with Gasteiger partial charge in [0.15, 0.2) is 0 Å². The minimum Gasteiger partial charge on any atom is -0.393 e. The molecule has 19 heavy (non-hydrogen) atoms. The van der Waals surface area contributed by atoms with Crippen LogP contribution in [0.5, 0.6) is 0 Å². The summed E-state index contributed by atoms with van der Waals surface area (Å²) >= 11 is 0. The fraction of sp³-hybridized carbons (Fsp3) is 0.400. The van der Waals surface area contributed by atoms with Gasteiger partial charge in [0.1, 0.15) is 0 Å². The summed E-state index contributed by atoms with van der Waals surface area (Å²) in [5.74, 6) is 0.0956. The molecule has 0 radical (unpaired) electrons. The van der Waals surface area contributed by atoms with Crippen molar-refractivity contribution in [1.29, 1.82) is 0 Å². The summed E-state index contributed by atoms with van der Waals surface area (Å²) in [5, 5.41) is 13.5. The van der Waals surface area contributed by atoms with Gasteiger partial charge in [-0.2, -0.15) is 0 Å². The third-order valence-electron chi connectivity index (χ3n) is 3.92. The van der Waals surface area contributed by atoms with Gasteiger partial charge in [-0.25, -0.2) is 0 Å². The molecule has 1 fully saturated rings. The largest absolute Gasteiger partial charge is 0.393 e. The van der Waals surface area contributed by atoms with Gasteiger partial charge in [-0.1, -0.05) is 6.07 Å². The zero-order valence-electron chi connectivity index (χ0n) is 10.7. The summed E-state index contributed by atoms with van der Waals surface area (Å²) in [7, 11) is 0. The summed E-state index contributed by atoms with van der Waals surface area (Å²) in [6.07, 6.45) is 4.65. The lowest BCUT2D eigenvalue weighted by Gasteiger charge is -2.24. The van der Waals surface area contributed by atoms with E-state index in [9.17, 15) is 9.90 Å². The molecule has 4 nitrogen and oxygen atoms in total. The van der Waals surface area contributed by atoms with Gasteiger partial charge in [0.05, 0.1) is 11.8 Å².